The van der Waals surface area contributed by atoms with E-state index < -0.39 is 9.75 Å². The Bertz CT molecular complexity index is 545. The summed E-state index contributed by atoms with van der Waals surface area (Å²) in [5, 5.41) is 3.00. The van der Waals surface area contributed by atoms with Crippen LogP contribution < -0.4 is 5.32 Å². The lowest BCUT2D eigenvalue weighted by Crippen LogP contribution is -2.35. The smallest absolute Gasteiger partial charge is 0.229 e. The molecule has 1 aliphatic carbocycles. The lowest BCUT2D eigenvalue weighted by molar-refractivity contribution is -0.126. The van der Waals surface area contributed by atoms with Gasteiger partial charge in [-0.1, -0.05) is 45.0 Å². The Hall–Kier alpha value is -0.730. The number of carbonyl (C=O) groups excluding carboxylic acids is 1. The summed E-state index contributed by atoms with van der Waals surface area (Å²) in [4.78, 5) is 12.3. The van der Waals surface area contributed by atoms with Gasteiger partial charge in [0.25, 0.3) is 0 Å². The van der Waals surface area contributed by atoms with E-state index in [1.54, 1.807) is 6.92 Å². The lowest BCUT2D eigenvalue weighted by atomic mass is 9.86. The summed E-state index contributed by atoms with van der Waals surface area (Å²) in [7, 11) is 0. The summed E-state index contributed by atoms with van der Waals surface area (Å²) in [5.74, 6) is -0.0834. The quantitative estimate of drug-likeness (QED) is 0.798. The Morgan fingerprint density at radius 1 is 1.24 bits per heavy atom. The molecule has 1 aromatic carbocycles. The van der Waals surface area contributed by atoms with Crippen molar-refractivity contribution in [1.82, 2.24) is 5.32 Å². The number of amides is 1. The SMILES string of the molecule is C[C@H](NC(=O)[C@@]1(C)CC1(Cl)Cl)c1ccc(C(C)(C)C)cc1. The number of hydrogen-bond acceptors (Lipinski definition) is 1. The number of nitrogens with one attached hydrogen (secondary N) is 1. The molecule has 0 saturated heterocycles. The molecule has 2 nitrogen and oxygen atoms in total. The highest BCUT2D eigenvalue weighted by Crippen LogP contribution is 2.63. The average Bonchev–Trinajstić information content (AvgIpc) is 2.89. The molecule has 0 radical (unpaired) electrons. The van der Waals surface area contributed by atoms with Crippen molar-refractivity contribution in [2.75, 3.05) is 0 Å². The molecule has 0 heterocycles. The summed E-state index contributed by atoms with van der Waals surface area (Å²) >= 11 is 12.1. The van der Waals surface area contributed by atoms with Crippen molar-refractivity contribution in [1.29, 1.82) is 0 Å². The second-order valence-corrected chi connectivity index (χ2v) is 8.76. The van der Waals surface area contributed by atoms with Gasteiger partial charge in [0.1, 0.15) is 4.33 Å². The Labute approximate surface area is 137 Å². The third-order valence-electron chi connectivity index (χ3n) is 4.38. The zero-order valence-electron chi connectivity index (χ0n) is 13.3. The molecule has 1 saturated carbocycles. The molecule has 0 aromatic heterocycles. The lowest BCUT2D eigenvalue weighted by Gasteiger charge is -2.22. The van der Waals surface area contributed by atoms with Gasteiger partial charge in [-0.3, -0.25) is 4.79 Å². The molecule has 1 N–H and O–H groups in total. The zero-order chi connectivity index (χ0) is 16.1. The Morgan fingerprint density at radius 3 is 2.10 bits per heavy atom. The number of hydrogen-bond donors (Lipinski definition) is 1. The first-order chi connectivity index (χ1) is 9.47. The fourth-order valence-electron chi connectivity index (χ4n) is 2.36. The molecule has 4 heteroatoms. The summed E-state index contributed by atoms with van der Waals surface area (Å²) in [5.41, 5.74) is 1.81. The zero-order valence-corrected chi connectivity index (χ0v) is 14.8. The molecule has 0 spiro atoms. The second-order valence-electron chi connectivity index (χ2n) is 7.28. The van der Waals surface area contributed by atoms with Crippen molar-refractivity contribution in [3.63, 3.8) is 0 Å². The summed E-state index contributed by atoms with van der Waals surface area (Å²) in [6.45, 7) is 10.3. The van der Waals surface area contributed by atoms with Gasteiger partial charge in [0.15, 0.2) is 0 Å². The molecule has 0 aliphatic heterocycles. The van der Waals surface area contributed by atoms with Crippen LogP contribution in [0.25, 0.3) is 0 Å². The molecule has 1 aliphatic rings. The third-order valence-corrected chi connectivity index (χ3v) is 5.48. The molecule has 1 fully saturated rings. The highest BCUT2D eigenvalue weighted by Gasteiger charge is 2.67. The largest absolute Gasteiger partial charge is 0.349 e. The molecule has 0 unspecified atom stereocenters. The van der Waals surface area contributed by atoms with Gasteiger partial charge < -0.3 is 5.32 Å². The van der Waals surface area contributed by atoms with E-state index in [1.165, 1.54) is 5.56 Å². The first-order valence-corrected chi connectivity index (χ1v) is 8.02. The molecule has 2 atom stereocenters. The molecule has 21 heavy (non-hydrogen) atoms. The van der Waals surface area contributed by atoms with E-state index in [4.69, 9.17) is 23.2 Å². The maximum absolute atomic E-state index is 12.3. The highest BCUT2D eigenvalue weighted by atomic mass is 35.5. The van der Waals surface area contributed by atoms with Crippen LogP contribution in [-0.2, 0) is 10.2 Å². The van der Waals surface area contributed by atoms with Crippen LogP contribution in [0.1, 0.15) is 58.2 Å². The van der Waals surface area contributed by atoms with Crippen molar-refractivity contribution in [3.8, 4) is 0 Å². The Balaban J connectivity index is 2.04. The van der Waals surface area contributed by atoms with Gasteiger partial charge in [-0.2, -0.15) is 0 Å². The van der Waals surface area contributed by atoms with E-state index in [0.29, 0.717) is 6.42 Å². The minimum Gasteiger partial charge on any atom is -0.349 e. The molecule has 1 amide bonds. The van der Waals surface area contributed by atoms with E-state index >= 15 is 0 Å². The van der Waals surface area contributed by atoms with Gasteiger partial charge in [-0.05, 0) is 36.8 Å². The Morgan fingerprint density at radius 2 is 1.71 bits per heavy atom. The van der Waals surface area contributed by atoms with Crippen molar-refractivity contribution < 1.29 is 4.79 Å². The number of carbonyl (C=O) groups is 1. The molecule has 116 valence electrons. The van der Waals surface area contributed by atoms with Crippen molar-refractivity contribution in [3.05, 3.63) is 35.4 Å². The second kappa shape index (κ2) is 5.17. The molecule has 1 aromatic rings. The topological polar surface area (TPSA) is 29.1 Å². The van der Waals surface area contributed by atoms with Crippen LogP contribution in [0.3, 0.4) is 0 Å². The van der Waals surface area contributed by atoms with Crippen LogP contribution in [0.5, 0.6) is 0 Å². The van der Waals surface area contributed by atoms with Gasteiger partial charge in [-0.25, -0.2) is 0 Å². The fourth-order valence-corrected chi connectivity index (χ4v) is 3.06. The van der Waals surface area contributed by atoms with E-state index in [0.717, 1.165) is 5.56 Å². The van der Waals surface area contributed by atoms with Crippen molar-refractivity contribution >= 4 is 29.1 Å². The van der Waals surface area contributed by atoms with Gasteiger partial charge >= 0.3 is 0 Å². The predicted octanol–water partition coefficient (Wildman–Crippen LogP) is 4.75. The number of benzene rings is 1. The highest BCUT2D eigenvalue weighted by molar-refractivity contribution is 6.53. The van der Waals surface area contributed by atoms with Crippen LogP contribution in [-0.4, -0.2) is 10.2 Å². The molecule has 2 rings (SSSR count). The van der Waals surface area contributed by atoms with E-state index in [9.17, 15) is 4.79 Å². The third kappa shape index (κ3) is 3.22. The van der Waals surface area contributed by atoms with Crippen LogP contribution >= 0.6 is 23.2 Å². The minimum absolute atomic E-state index is 0.0620. The number of rotatable bonds is 3. The van der Waals surface area contributed by atoms with Crippen LogP contribution in [0.4, 0.5) is 0 Å². The van der Waals surface area contributed by atoms with Crippen LogP contribution in [0.2, 0.25) is 0 Å². The molecule has 0 bridgehead atoms. The van der Waals surface area contributed by atoms with E-state index in [-0.39, 0.29) is 17.4 Å². The van der Waals surface area contributed by atoms with Crippen molar-refractivity contribution in [2.45, 2.75) is 56.8 Å². The first kappa shape index (κ1) is 16.6. The van der Waals surface area contributed by atoms with E-state index in [1.807, 2.05) is 6.92 Å². The predicted molar refractivity (Wildman–Crippen MR) is 88.9 cm³/mol. The summed E-state index contributed by atoms with van der Waals surface area (Å²) in [6.07, 6.45) is 0.505. The van der Waals surface area contributed by atoms with Gasteiger partial charge in [0.2, 0.25) is 5.91 Å². The van der Waals surface area contributed by atoms with Gasteiger partial charge in [0.05, 0.1) is 11.5 Å². The van der Waals surface area contributed by atoms with Crippen LogP contribution in [0, 0.1) is 5.41 Å². The maximum atomic E-state index is 12.3. The average molecular weight is 328 g/mol. The van der Waals surface area contributed by atoms with E-state index in [2.05, 4.69) is 50.4 Å². The number of alkyl halides is 2. The fraction of sp³-hybridized carbons (Fsp3) is 0.588. The maximum Gasteiger partial charge on any atom is 0.229 e. The molecular formula is C17H23Cl2NO. The standard InChI is InChI=1S/C17H23Cl2NO/c1-11(20-14(21)16(5)10-17(16,18)19)12-6-8-13(9-7-12)15(2,3)4/h6-9,11H,10H2,1-5H3,(H,20,21)/t11-,16+/m0/s1. The minimum atomic E-state index is -0.924. The number of halogens is 2. The summed E-state index contributed by atoms with van der Waals surface area (Å²) < 4.78 is -0.924. The monoisotopic (exact) mass is 327 g/mol. The van der Waals surface area contributed by atoms with Crippen molar-refractivity contribution in [2.24, 2.45) is 5.41 Å². The van der Waals surface area contributed by atoms with Gasteiger partial charge in [0, 0.05) is 0 Å². The summed E-state index contributed by atoms with van der Waals surface area (Å²) in [6, 6.07) is 8.30. The Kier molecular flexibility index (Phi) is 4.10. The normalized spacial score (nSPS) is 25.3. The van der Waals surface area contributed by atoms with Gasteiger partial charge in [-0.15, -0.1) is 23.2 Å². The van der Waals surface area contributed by atoms with Crippen LogP contribution in [0.15, 0.2) is 24.3 Å². The molecular weight excluding hydrogens is 305 g/mol. The first-order valence-electron chi connectivity index (χ1n) is 7.27.